The molecule has 0 amide bonds. The van der Waals surface area contributed by atoms with E-state index < -0.39 is 0 Å². The first-order valence-corrected chi connectivity index (χ1v) is 4.41. The summed E-state index contributed by atoms with van der Waals surface area (Å²) >= 11 is 0. The van der Waals surface area contributed by atoms with Crippen molar-refractivity contribution in [3.8, 4) is 0 Å². The molecule has 0 aromatic heterocycles. The van der Waals surface area contributed by atoms with Crippen LogP contribution in [-0.4, -0.2) is 6.29 Å². The number of carbonyl (C=O) groups excluding carboxylic acids is 1. The highest BCUT2D eigenvalue weighted by molar-refractivity contribution is 5.50. The lowest BCUT2D eigenvalue weighted by Gasteiger charge is -1.97. The van der Waals surface area contributed by atoms with Gasteiger partial charge in [-0.2, -0.15) is 0 Å². The van der Waals surface area contributed by atoms with E-state index in [1.54, 1.807) is 0 Å². The van der Waals surface area contributed by atoms with E-state index >= 15 is 0 Å². The smallest absolute Gasteiger partial charge is 0.120 e. The Morgan fingerprint density at radius 1 is 1.45 bits per heavy atom. The van der Waals surface area contributed by atoms with E-state index in [0.717, 1.165) is 12.7 Å². The molecule has 11 heavy (non-hydrogen) atoms. The maximum absolute atomic E-state index is 10.1. The van der Waals surface area contributed by atoms with Crippen molar-refractivity contribution in [1.29, 1.82) is 0 Å². The third-order valence-electron chi connectivity index (χ3n) is 1.66. The van der Waals surface area contributed by atoms with Gasteiger partial charge in [0.1, 0.15) is 6.29 Å². The van der Waals surface area contributed by atoms with Gasteiger partial charge >= 0.3 is 0 Å². The second-order valence-electron chi connectivity index (χ2n) is 2.95. The molecule has 0 aromatic carbocycles. The lowest BCUT2D eigenvalue weighted by atomic mass is 10.1. The lowest BCUT2D eigenvalue weighted by Crippen LogP contribution is -1.88. The molecule has 1 nitrogen and oxygen atoms in total. The Bertz CT molecular complexity index is 116. The molecule has 0 heterocycles. The average Bonchev–Trinajstić information content (AvgIpc) is 1.99. The van der Waals surface area contributed by atoms with Gasteiger partial charge < -0.3 is 4.79 Å². The molecule has 0 aliphatic heterocycles. The van der Waals surface area contributed by atoms with E-state index in [-0.39, 0.29) is 0 Å². The maximum Gasteiger partial charge on any atom is 0.120 e. The van der Waals surface area contributed by atoms with Crippen LogP contribution in [0, 0.1) is 5.92 Å². The Hall–Kier alpha value is -0.590. The second kappa shape index (κ2) is 7.52. The standard InChI is InChI=1S/C10H18O/c1-3-4-5-6-7-10(2)8-9-11/h6-7,9-10H,3-5,8H2,1-2H3/b7-6+. The number of rotatable bonds is 6. The Morgan fingerprint density at radius 2 is 2.18 bits per heavy atom. The maximum atomic E-state index is 10.1. The number of aldehydes is 1. The van der Waals surface area contributed by atoms with E-state index in [2.05, 4.69) is 26.0 Å². The van der Waals surface area contributed by atoms with Gasteiger partial charge in [0.25, 0.3) is 0 Å². The molecule has 0 saturated heterocycles. The number of unbranched alkanes of at least 4 members (excludes halogenated alkanes) is 2. The zero-order chi connectivity index (χ0) is 8.53. The molecular formula is C10H18O. The summed E-state index contributed by atoms with van der Waals surface area (Å²) in [5.41, 5.74) is 0. The third kappa shape index (κ3) is 7.31. The molecule has 0 radical (unpaired) electrons. The zero-order valence-electron chi connectivity index (χ0n) is 7.55. The van der Waals surface area contributed by atoms with Crippen LogP contribution in [0.5, 0.6) is 0 Å². The molecule has 0 N–H and O–H groups in total. The number of hydrogen-bond acceptors (Lipinski definition) is 1. The molecule has 1 heteroatoms. The van der Waals surface area contributed by atoms with Crippen molar-refractivity contribution in [2.45, 2.75) is 39.5 Å². The van der Waals surface area contributed by atoms with Gasteiger partial charge in [-0.05, 0) is 12.3 Å². The van der Waals surface area contributed by atoms with Gasteiger partial charge in [-0.25, -0.2) is 0 Å². The first-order valence-electron chi connectivity index (χ1n) is 4.41. The minimum absolute atomic E-state index is 0.421. The number of carbonyl (C=O) groups is 1. The summed E-state index contributed by atoms with van der Waals surface area (Å²) in [5.74, 6) is 0.421. The summed E-state index contributed by atoms with van der Waals surface area (Å²) in [6.07, 6.45) is 9.59. The molecule has 0 saturated carbocycles. The summed E-state index contributed by atoms with van der Waals surface area (Å²) < 4.78 is 0. The molecule has 0 aliphatic carbocycles. The predicted octanol–water partition coefficient (Wildman–Crippen LogP) is 2.96. The van der Waals surface area contributed by atoms with Gasteiger partial charge in [-0.15, -0.1) is 0 Å². The van der Waals surface area contributed by atoms with Crippen molar-refractivity contribution in [2.75, 3.05) is 0 Å². The lowest BCUT2D eigenvalue weighted by molar-refractivity contribution is -0.108. The fourth-order valence-corrected chi connectivity index (χ4v) is 0.881. The van der Waals surface area contributed by atoms with Crippen LogP contribution in [0.25, 0.3) is 0 Å². The SMILES string of the molecule is CCCC/C=C/C(C)CC=O. The van der Waals surface area contributed by atoms with E-state index in [9.17, 15) is 4.79 Å². The normalized spacial score (nSPS) is 13.6. The van der Waals surface area contributed by atoms with Crippen molar-refractivity contribution < 1.29 is 4.79 Å². The first-order chi connectivity index (χ1) is 5.31. The molecule has 64 valence electrons. The summed E-state index contributed by atoms with van der Waals surface area (Å²) in [6, 6.07) is 0. The molecular weight excluding hydrogens is 136 g/mol. The van der Waals surface area contributed by atoms with E-state index in [1.165, 1.54) is 12.8 Å². The summed E-state index contributed by atoms with van der Waals surface area (Å²) in [5, 5.41) is 0. The van der Waals surface area contributed by atoms with Gasteiger partial charge in [-0.3, -0.25) is 0 Å². The van der Waals surface area contributed by atoms with E-state index in [1.807, 2.05) is 0 Å². The highest BCUT2D eigenvalue weighted by Gasteiger charge is 1.92. The van der Waals surface area contributed by atoms with Crippen LogP contribution in [0.15, 0.2) is 12.2 Å². The van der Waals surface area contributed by atoms with Crippen molar-refractivity contribution >= 4 is 6.29 Å². The quantitative estimate of drug-likeness (QED) is 0.326. The average molecular weight is 154 g/mol. The summed E-state index contributed by atoms with van der Waals surface area (Å²) in [6.45, 7) is 4.25. The molecule has 1 atom stereocenters. The van der Waals surface area contributed by atoms with Gasteiger partial charge in [0.05, 0.1) is 0 Å². The van der Waals surface area contributed by atoms with Crippen LogP contribution in [0.2, 0.25) is 0 Å². The van der Waals surface area contributed by atoms with Gasteiger partial charge in [0.2, 0.25) is 0 Å². The van der Waals surface area contributed by atoms with Crippen LogP contribution >= 0.6 is 0 Å². The summed E-state index contributed by atoms with van der Waals surface area (Å²) in [7, 11) is 0. The van der Waals surface area contributed by atoms with Crippen molar-refractivity contribution in [2.24, 2.45) is 5.92 Å². The zero-order valence-corrected chi connectivity index (χ0v) is 7.55. The minimum atomic E-state index is 0.421. The number of hydrogen-bond donors (Lipinski definition) is 0. The number of allylic oxidation sites excluding steroid dienone is 2. The highest BCUT2D eigenvalue weighted by Crippen LogP contribution is 2.03. The van der Waals surface area contributed by atoms with Crippen LogP contribution in [0.3, 0.4) is 0 Å². The van der Waals surface area contributed by atoms with Crippen molar-refractivity contribution in [1.82, 2.24) is 0 Å². The van der Waals surface area contributed by atoms with Crippen LogP contribution in [0.4, 0.5) is 0 Å². The Kier molecular flexibility index (Phi) is 7.11. The molecule has 0 rings (SSSR count). The monoisotopic (exact) mass is 154 g/mol. The Balaban J connectivity index is 3.31. The summed E-state index contributed by atoms with van der Waals surface area (Å²) in [4.78, 5) is 10.1. The van der Waals surface area contributed by atoms with Crippen LogP contribution in [0.1, 0.15) is 39.5 Å². The van der Waals surface area contributed by atoms with Crippen LogP contribution in [-0.2, 0) is 4.79 Å². The molecule has 1 unspecified atom stereocenters. The largest absolute Gasteiger partial charge is 0.303 e. The second-order valence-corrected chi connectivity index (χ2v) is 2.95. The first kappa shape index (κ1) is 10.4. The van der Waals surface area contributed by atoms with Crippen molar-refractivity contribution in [3.63, 3.8) is 0 Å². The molecule has 0 spiro atoms. The molecule has 0 fully saturated rings. The van der Waals surface area contributed by atoms with Crippen molar-refractivity contribution in [3.05, 3.63) is 12.2 Å². The van der Waals surface area contributed by atoms with Gasteiger partial charge in [-0.1, -0.05) is 38.8 Å². The topological polar surface area (TPSA) is 17.1 Å². The fourth-order valence-electron chi connectivity index (χ4n) is 0.881. The third-order valence-corrected chi connectivity index (χ3v) is 1.66. The predicted molar refractivity (Wildman–Crippen MR) is 48.5 cm³/mol. The Labute approximate surface area is 69.5 Å². The molecule has 0 bridgehead atoms. The highest BCUT2D eigenvalue weighted by atomic mass is 16.1. The molecule has 0 aromatic rings. The van der Waals surface area contributed by atoms with E-state index in [0.29, 0.717) is 12.3 Å². The Morgan fingerprint density at radius 3 is 2.73 bits per heavy atom. The molecule has 0 aliphatic rings. The van der Waals surface area contributed by atoms with Gasteiger partial charge in [0, 0.05) is 6.42 Å². The van der Waals surface area contributed by atoms with E-state index in [4.69, 9.17) is 0 Å². The fraction of sp³-hybridized carbons (Fsp3) is 0.700. The van der Waals surface area contributed by atoms with Crippen LogP contribution < -0.4 is 0 Å². The minimum Gasteiger partial charge on any atom is -0.303 e. The van der Waals surface area contributed by atoms with Gasteiger partial charge in [0.15, 0.2) is 0 Å².